The Labute approximate surface area is 241 Å². The first-order valence-electron chi connectivity index (χ1n) is 14.7. The van der Waals surface area contributed by atoms with E-state index in [0.29, 0.717) is 19.5 Å². The summed E-state index contributed by atoms with van der Waals surface area (Å²) in [6.45, 7) is 4.94. The van der Waals surface area contributed by atoms with Crippen LogP contribution >= 0.6 is 11.8 Å². The van der Waals surface area contributed by atoms with Crippen molar-refractivity contribution in [1.29, 1.82) is 0 Å². The SMILES string of the molecule is CCCCCNC(=O)C1N([C@@H](CO)Cc2ccccc2)C(=O)[C@@H]2[C@H](C(=O)NCc3ccccc3)[C@@H]3CC(C)C12S3. The van der Waals surface area contributed by atoms with E-state index in [4.69, 9.17) is 0 Å². The van der Waals surface area contributed by atoms with Gasteiger partial charge in [0, 0.05) is 18.3 Å². The lowest BCUT2D eigenvalue weighted by Crippen LogP contribution is -2.59. The predicted octanol–water partition coefficient (Wildman–Crippen LogP) is 3.55. The van der Waals surface area contributed by atoms with Crippen molar-refractivity contribution in [3.05, 3.63) is 71.8 Å². The molecule has 8 heteroatoms. The van der Waals surface area contributed by atoms with Gasteiger partial charge in [0.15, 0.2) is 0 Å². The van der Waals surface area contributed by atoms with Crippen LogP contribution < -0.4 is 10.6 Å². The Kier molecular flexibility index (Phi) is 8.86. The molecule has 3 aliphatic heterocycles. The van der Waals surface area contributed by atoms with Gasteiger partial charge >= 0.3 is 0 Å². The third-order valence-corrected chi connectivity index (χ3v) is 11.1. The third-order valence-electron chi connectivity index (χ3n) is 9.04. The van der Waals surface area contributed by atoms with Gasteiger partial charge in [0.2, 0.25) is 17.7 Å². The highest BCUT2D eigenvalue weighted by Gasteiger charge is 2.76. The number of thioether (sulfide) groups is 1. The van der Waals surface area contributed by atoms with E-state index in [-0.39, 0.29) is 35.5 Å². The van der Waals surface area contributed by atoms with Gasteiger partial charge in [-0.25, -0.2) is 0 Å². The molecule has 1 spiro atoms. The molecule has 2 bridgehead atoms. The maximum Gasteiger partial charge on any atom is 0.244 e. The Hall–Kier alpha value is -2.84. The molecule has 0 aromatic heterocycles. The summed E-state index contributed by atoms with van der Waals surface area (Å²) < 4.78 is -0.699. The second-order valence-corrected chi connectivity index (χ2v) is 13.1. The summed E-state index contributed by atoms with van der Waals surface area (Å²) in [5.41, 5.74) is 2.00. The zero-order valence-electron chi connectivity index (χ0n) is 23.4. The average Bonchev–Trinajstić information content (AvgIpc) is 3.57. The van der Waals surface area contributed by atoms with Crippen molar-refractivity contribution in [3.8, 4) is 0 Å². The van der Waals surface area contributed by atoms with Gasteiger partial charge in [-0.3, -0.25) is 14.4 Å². The molecular formula is C32H41N3O4S. The van der Waals surface area contributed by atoms with Gasteiger partial charge in [-0.2, -0.15) is 0 Å². The molecule has 214 valence electrons. The molecule has 2 aromatic carbocycles. The minimum absolute atomic E-state index is 0.0148. The van der Waals surface area contributed by atoms with Gasteiger partial charge in [-0.1, -0.05) is 87.4 Å². The van der Waals surface area contributed by atoms with Crippen LogP contribution in [-0.2, 0) is 27.3 Å². The van der Waals surface area contributed by atoms with Gasteiger partial charge in [-0.05, 0) is 36.3 Å². The number of carbonyl (C=O) groups excluding carboxylic acids is 3. The summed E-state index contributed by atoms with van der Waals surface area (Å²) in [6, 6.07) is 18.2. The molecule has 7 nitrogen and oxygen atoms in total. The largest absolute Gasteiger partial charge is 0.394 e. The first kappa shape index (κ1) is 28.7. The van der Waals surface area contributed by atoms with E-state index in [9.17, 15) is 19.5 Å². The fraction of sp³-hybridized carbons (Fsp3) is 0.531. The standard InChI is InChI=1S/C32H41N3O4S/c1-3-4-11-16-33-30(38)28-32-21(2)17-25(40-32)26(29(37)34-19-23-14-9-6-10-15-23)27(32)31(39)35(28)24(20-36)18-22-12-7-5-8-13-22/h5-10,12-15,21,24-28,36H,3-4,11,16-20H2,1-2H3,(H,33,38)(H,34,37)/t21?,24-,25+,26-,27+,28?,32?/m1/s1. The summed E-state index contributed by atoms with van der Waals surface area (Å²) in [5, 5.41) is 16.8. The summed E-state index contributed by atoms with van der Waals surface area (Å²) in [6.07, 6.45) is 4.18. The normalized spacial score (nSPS) is 29.3. The zero-order chi connectivity index (χ0) is 28.3. The molecule has 3 unspecified atom stereocenters. The number of nitrogens with one attached hydrogen (secondary N) is 2. The number of aliphatic hydroxyl groups is 1. The minimum Gasteiger partial charge on any atom is -0.394 e. The Morgan fingerprint density at radius 3 is 2.35 bits per heavy atom. The predicted molar refractivity (Wildman–Crippen MR) is 157 cm³/mol. The topological polar surface area (TPSA) is 98.7 Å². The van der Waals surface area contributed by atoms with E-state index in [0.717, 1.165) is 36.8 Å². The summed E-state index contributed by atoms with van der Waals surface area (Å²) in [5.74, 6) is -1.48. The van der Waals surface area contributed by atoms with Gasteiger partial charge in [0.25, 0.3) is 0 Å². The molecular weight excluding hydrogens is 522 g/mol. The van der Waals surface area contributed by atoms with E-state index >= 15 is 0 Å². The molecule has 0 radical (unpaired) electrons. The average molecular weight is 564 g/mol. The van der Waals surface area contributed by atoms with Crippen molar-refractivity contribution in [2.75, 3.05) is 13.2 Å². The molecule has 3 saturated heterocycles. The number of amides is 3. The molecule has 3 N–H and O–H groups in total. The Morgan fingerprint density at radius 2 is 1.70 bits per heavy atom. The second-order valence-electron chi connectivity index (χ2n) is 11.5. The van der Waals surface area contributed by atoms with Crippen molar-refractivity contribution >= 4 is 29.5 Å². The number of carbonyl (C=O) groups is 3. The van der Waals surface area contributed by atoms with Crippen molar-refractivity contribution in [3.63, 3.8) is 0 Å². The first-order chi connectivity index (χ1) is 19.4. The molecule has 3 amide bonds. The third kappa shape index (κ3) is 5.16. The summed E-state index contributed by atoms with van der Waals surface area (Å²) in [7, 11) is 0. The molecule has 3 heterocycles. The lowest BCUT2D eigenvalue weighted by atomic mass is 9.66. The lowest BCUT2D eigenvalue weighted by molar-refractivity contribution is -0.142. The maximum absolute atomic E-state index is 14.4. The second kappa shape index (κ2) is 12.4. The number of unbranched alkanes of at least 4 members (excludes halogenated alkanes) is 2. The molecule has 0 aliphatic carbocycles. The van der Waals surface area contributed by atoms with Crippen LogP contribution in [0.2, 0.25) is 0 Å². The van der Waals surface area contributed by atoms with E-state index in [1.807, 2.05) is 60.7 Å². The number of fused-ring (bicyclic) bond motifs is 1. The maximum atomic E-state index is 14.4. The van der Waals surface area contributed by atoms with Crippen molar-refractivity contribution < 1.29 is 19.5 Å². The highest BCUT2D eigenvalue weighted by molar-refractivity contribution is 8.02. The first-order valence-corrected chi connectivity index (χ1v) is 15.5. The number of hydrogen-bond acceptors (Lipinski definition) is 5. The highest BCUT2D eigenvalue weighted by atomic mass is 32.2. The summed E-state index contributed by atoms with van der Waals surface area (Å²) >= 11 is 1.67. The number of hydrogen-bond donors (Lipinski definition) is 3. The van der Waals surface area contributed by atoms with Crippen LogP contribution in [-0.4, -0.2) is 63.0 Å². The highest BCUT2D eigenvalue weighted by Crippen LogP contribution is 2.68. The van der Waals surface area contributed by atoms with Crippen LogP contribution in [0.25, 0.3) is 0 Å². The van der Waals surface area contributed by atoms with E-state index in [1.54, 1.807) is 16.7 Å². The van der Waals surface area contributed by atoms with Gasteiger partial charge in [-0.15, -0.1) is 11.8 Å². The van der Waals surface area contributed by atoms with Crippen LogP contribution in [0.5, 0.6) is 0 Å². The smallest absolute Gasteiger partial charge is 0.244 e. The molecule has 0 saturated carbocycles. The Balaban J connectivity index is 1.46. The van der Waals surface area contributed by atoms with Crippen molar-refractivity contribution in [2.24, 2.45) is 17.8 Å². The molecule has 40 heavy (non-hydrogen) atoms. The molecule has 5 rings (SSSR count). The number of aliphatic hydroxyl groups excluding tert-OH is 1. The Bertz CT molecular complexity index is 1200. The minimum atomic E-state index is -0.732. The van der Waals surface area contributed by atoms with Gasteiger partial charge < -0.3 is 20.6 Å². The van der Waals surface area contributed by atoms with Crippen LogP contribution in [0.1, 0.15) is 50.7 Å². The quantitative estimate of drug-likeness (QED) is 0.343. The van der Waals surface area contributed by atoms with Crippen LogP contribution in [0.3, 0.4) is 0 Å². The number of benzene rings is 2. The molecule has 3 fully saturated rings. The van der Waals surface area contributed by atoms with Crippen LogP contribution in [0.4, 0.5) is 0 Å². The molecule has 7 atom stereocenters. The van der Waals surface area contributed by atoms with E-state index in [2.05, 4.69) is 24.5 Å². The number of rotatable bonds is 12. The van der Waals surface area contributed by atoms with Gasteiger partial charge in [0.05, 0.1) is 29.2 Å². The summed E-state index contributed by atoms with van der Waals surface area (Å²) in [4.78, 5) is 43.8. The van der Waals surface area contributed by atoms with E-state index in [1.165, 1.54) is 0 Å². The van der Waals surface area contributed by atoms with Crippen molar-refractivity contribution in [1.82, 2.24) is 15.5 Å². The number of likely N-dealkylation sites (tertiary alicyclic amines) is 1. The fourth-order valence-corrected chi connectivity index (χ4v) is 9.58. The Morgan fingerprint density at radius 1 is 1.02 bits per heavy atom. The van der Waals surface area contributed by atoms with Crippen LogP contribution in [0, 0.1) is 17.8 Å². The number of nitrogens with zero attached hydrogens (tertiary/aromatic N) is 1. The monoisotopic (exact) mass is 563 g/mol. The molecule has 3 aliphatic rings. The zero-order valence-corrected chi connectivity index (χ0v) is 24.2. The van der Waals surface area contributed by atoms with Crippen LogP contribution in [0.15, 0.2) is 60.7 Å². The van der Waals surface area contributed by atoms with E-state index < -0.39 is 28.7 Å². The fourth-order valence-electron chi connectivity index (χ4n) is 7.18. The lowest BCUT2D eigenvalue weighted by Gasteiger charge is -2.40. The van der Waals surface area contributed by atoms with Gasteiger partial charge in [0.1, 0.15) is 6.04 Å². The van der Waals surface area contributed by atoms with Crippen molar-refractivity contribution in [2.45, 2.75) is 74.6 Å². The molecule has 2 aromatic rings.